The van der Waals surface area contributed by atoms with Gasteiger partial charge in [-0.3, -0.25) is 5.32 Å². The van der Waals surface area contributed by atoms with E-state index in [9.17, 15) is 5.11 Å². The van der Waals surface area contributed by atoms with Crippen LogP contribution in [0.2, 0.25) is 0 Å². The number of nitrogen functional groups attached to an aromatic ring is 1. The molecule has 0 aromatic heterocycles. The lowest BCUT2D eigenvalue weighted by atomic mass is 10.2. The van der Waals surface area contributed by atoms with Gasteiger partial charge in [0.05, 0.1) is 0 Å². The molecule has 0 fully saturated rings. The van der Waals surface area contributed by atoms with Crippen molar-refractivity contribution in [2.24, 2.45) is 0 Å². The van der Waals surface area contributed by atoms with Crippen molar-refractivity contribution < 1.29 is 5.11 Å². The lowest BCUT2D eigenvalue weighted by Gasteiger charge is -2.08. The van der Waals surface area contributed by atoms with Gasteiger partial charge >= 0.3 is 0 Å². The maximum absolute atomic E-state index is 9.27. The SMILES string of the molecule is CNC(O)c1ccc(N)cc1. The van der Waals surface area contributed by atoms with E-state index in [-0.39, 0.29) is 0 Å². The first-order valence-corrected chi connectivity index (χ1v) is 3.45. The highest BCUT2D eigenvalue weighted by Crippen LogP contribution is 2.11. The van der Waals surface area contributed by atoms with Crippen molar-refractivity contribution >= 4 is 5.69 Å². The standard InChI is InChI=1S/C8H12N2O/c1-10-8(11)6-2-4-7(9)5-3-6/h2-5,8,10-11H,9H2,1H3. The fraction of sp³-hybridized carbons (Fsp3) is 0.250. The van der Waals surface area contributed by atoms with Crippen LogP contribution in [0.15, 0.2) is 24.3 Å². The Labute approximate surface area is 65.8 Å². The van der Waals surface area contributed by atoms with E-state index in [1.54, 1.807) is 31.3 Å². The highest BCUT2D eigenvalue weighted by molar-refractivity contribution is 5.39. The van der Waals surface area contributed by atoms with Crippen LogP contribution in [-0.4, -0.2) is 12.2 Å². The molecular formula is C8H12N2O. The summed E-state index contributed by atoms with van der Waals surface area (Å²) >= 11 is 0. The first kappa shape index (κ1) is 8.04. The number of anilines is 1. The van der Waals surface area contributed by atoms with Crippen LogP contribution in [0.1, 0.15) is 11.8 Å². The third-order valence-corrected chi connectivity index (χ3v) is 1.53. The molecule has 1 rings (SSSR count). The molecule has 0 heterocycles. The predicted octanol–water partition coefficient (Wildman–Crippen LogP) is 0.479. The molecule has 11 heavy (non-hydrogen) atoms. The molecule has 3 nitrogen and oxygen atoms in total. The second-order valence-electron chi connectivity index (χ2n) is 2.36. The molecule has 0 amide bonds. The van der Waals surface area contributed by atoms with Crippen molar-refractivity contribution in [3.63, 3.8) is 0 Å². The lowest BCUT2D eigenvalue weighted by Crippen LogP contribution is -2.14. The van der Waals surface area contributed by atoms with E-state index in [4.69, 9.17) is 5.73 Å². The molecule has 0 radical (unpaired) electrons. The third kappa shape index (κ3) is 1.93. The Hall–Kier alpha value is -1.06. The molecule has 0 aliphatic heterocycles. The number of hydrogen-bond donors (Lipinski definition) is 3. The molecule has 1 atom stereocenters. The summed E-state index contributed by atoms with van der Waals surface area (Å²) in [6.45, 7) is 0. The summed E-state index contributed by atoms with van der Waals surface area (Å²) in [5.41, 5.74) is 6.99. The van der Waals surface area contributed by atoms with Gasteiger partial charge in [0.25, 0.3) is 0 Å². The van der Waals surface area contributed by atoms with E-state index in [1.165, 1.54) is 0 Å². The Morgan fingerprint density at radius 2 is 1.91 bits per heavy atom. The Bertz CT molecular complexity index is 220. The number of aliphatic hydroxyl groups excluding tert-OH is 1. The zero-order valence-electron chi connectivity index (χ0n) is 6.41. The van der Waals surface area contributed by atoms with E-state index >= 15 is 0 Å². The molecule has 3 heteroatoms. The van der Waals surface area contributed by atoms with Gasteiger partial charge in [-0.2, -0.15) is 0 Å². The number of hydrogen-bond acceptors (Lipinski definition) is 3. The van der Waals surface area contributed by atoms with Gasteiger partial charge in [0, 0.05) is 5.69 Å². The Balaban J connectivity index is 2.81. The minimum atomic E-state index is -0.601. The average Bonchev–Trinajstić information content (AvgIpc) is 2.05. The number of nitrogens with two attached hydrogens (primary N) is 1. The molecule has 0 saturated heterocycles. The van der Waals surface area contributed by atoms with Crippen LogP contribution in [-0.2, 0) is 0 Å². The van der Waals surface area contributed by atoms with Gasteiger partial charge < -0.3 is 10.8 Å². The van der Waals surface area contributed by atoms with Crippen molar-refractivity contribution in [2.45, 2.75) is 6.23 Å². The largest absolute Gasteiger partial charge is 0.399 e. The molecule has 1 unspecified atom stereocenters. The zero-order chi connectivity index (χ0) is 8.27. The van der Waals surface area contributed by atoms with Gasteiger partial charge in [-0.1, -0.05) is 12.1 Å². The Morgan fingerprint density at radius 3 is 2.36 bits per heavy atom. The van der Waals surface area contributed by atoms with Gasteiger partial charge in [0.2, 0.25) is 0 Å². The molecule has 4 N–H and O–H groups in total. The topological polar surface area (TPSA) is 58.3 Å². The average molecular weight is 152 g/mol. The van der Waals surface area contributed by atoms with Crippen LogP contribution in [0, 0.1) is 0 Å². The monoisotopic (exact) mass is 152 g/mol. The van der Waals surface area contributed by atoms with Crippen molar-refractivity contribution in [3.05, 3.63) is 29.8 Å². The van der Waals surface area contributed by atoms with Crippen LogP contribution in [0.25, 0.3) is 0 Å². The summed E-state index contributed by atoms with van der Waals surface area (Å²) < 4.78 is 0. The molecule has 0 aliphatic rings. The highest BCUT2D eigenvalue weighted by atomic mass is 16.3. The molecule has 1 aromatic carbocycles. The molecular weight excluding hydrogens is 140 g/mol. The zero-order valence-corrected chi connectivity index (χ0v) is 6.41. The van der Waals surface area contributed by atoms with Crippen molar-refractivity contribution in [1.82, 2.24) is 5.32 Å². The molecule has 0 aliphatic carbocycles. The second kappa shape index (κ2) is 3.37. The van der Waals surface area contributed by atoms with Crippen LogP contribution >= 0.6 is 0 Å². The van der Waals surface area contributed by atoms with Gasteiger partial charge in [0.15, 0.2) is 0 Å². The fourth-order valence-corrected chi connectivity index (χ4v) is 0.845. The molecule has 0 spiro atoms. The molecule has 0 bridgehead atoms. The van der Waals surface area contributed by atoms with Crippen LogP contribution in [0.4, 0.5) is 5.69 Å². The first-order valence-electron chi connectivity index (χ1n) is 3.45. The van der Waals surface area contributed by atoms with Crippen LogP contribution < -0.4 is 11.1 Å². The minimum Gasteiger partial charge on any atom is -0.399 e. The van der Waals surface area contributed by atoms with E-state index in [1.807, 2.05) is 0 Å². The minimum absolute atomic E-state index is 0.601. The van der Waals surface area contributed by atoms with Gasteiger partial charge in [-0.05, 0) is 24.7 Å². The summed E-state index contributed by atoms with van der Waals surface area (Å²) in [6, 6.07) is 7.10. The Kier molecular flexibility index (Phi) is 2.46. The van der Waals surface area contributed by atoms with E-state index in [0.717, 1.165) is 5.56 Å². The number of aliphatic hydroxyl groups is 1. The smallest absolute Gasteiger partial charge is 0.130 e. The maximum atomic E-state index is 9.27. The molecule has 1 aromatic rings. The van der Waals surface area contributed by atoms with Crippen molar-refractivity contribution in [1.29, 1.82) is 0 Å². The number of nitrogens with one attached hydrogen (secondary N) is 1. The summed E-state index contributed by atoms with van der Waals surface area (Å²) in [7, 11) is 1.70. The summed E-state index contributed by atoms with van der Waals surface area (Å²) in [4.78, 5) is 0. The second-order valence-corrected chi connectivity index (χ2v) is 2.36. The normalized spacial score (nSPS) is 12.9. The fourth-order valence-electron chi connectivity index (χ4n) is 0.845. The first-order chi connectivity index (χ1) is 5.24. The predicted molar refractivity (Wildman–Crippen MR) is 44.9 cm³/mol. The summed E-state index contributed by atoms with van der Waals surface area (Å²) in [5.74, 6) is 0. The number of benzene rings is 1. The van der Waals surface area contributed by atoms with Gasteiger partial charge in [0.1, 0.15) is 6.23 Å². The van der Waals surface area contributed by atoms with Gasteiger partial charge in [-0.15, -0.1) is 0 Å². The van der Waals surface area contributed by atoms with E-state index < -0.39 is 6.23 Å². The van der Waals surface area contributed by atoms with E-state index in [0.29, 0.717) is 5.69 Å². The highest BCUT2D eigenvalue weighted by Gasteiger charge is 2.01. The van der Waals surface area contributed by atoms with Crippen molar-refractivity contribution in [3.8, 4) is 0 Å². The maximum Gasteiger partial charge on any atom is 0.130 e. The summed E-state index contributed by atoms with van der Waals surface area (Å²) in [6.07, 6.45) is -0.601. The third-order valence-electron chi connectivity index (χ3n) is 1.53. The molecule has 0 saturated carbocycles. The van der Waals surface area contributed by atoms with Gasteiger partial charge in [-0.25, -0.2) is 0 Å². The van der Waals surface area contributed by atoms with Crippen molar-refractivity contribution in [2.75, 3.05) is 12.8 Å². The van der Waals surface area contributed by atoms with E-state index in [2.05, 4.69) is 5.32 Å². The lowest BCUT2D eigenvalue weighted by molar-refractivity contribution is 0.149. The molecule has 60 valence electrons. The van der Waals surface area contributed by atoms with Crippen LogP contribution in [0.3, 0.4) is 0 Å². The Morgan fingerprint density at radius 1 is 1.36 bits per heavy atom. The quantitative estimate of drug-likeness (QED) is 0.426. The summed E-state index contributed by atoms with van der Waals surface area (Å²) in [5, 5.41) is 12.0. The van der Waals surface area contributed by atoms with Crippen LogP contribution in [0.5, 0.6) is 0 Å². The number of rotatable bonds is 2.